The van der Waals surface area contributed by atoms with Crippen molar-refractivity contribution in [2.45, 2.75) is 32.2 Å². The molecule has 0 saturated carbocycles. The van der Waals surface area contributed by atoms with Crippen molar-refractivity contribution >= 4 is 34.1 Å². The largest absolute Gasteiger partial charge is 0.494 e. The molecule has 1 aliphatic heterocycles. The van der Waals surface area contributed by atoms with E-state index in [0.717, 1.165) is 25.5 Å². The monoisotopic (exact) mass is 567 g/mol. The SMILES string of the molecule is CCOc1cc(OCCN2CCC[C@H]2CO)c2c(Nc3cc(CC(=O)Nc4cccc(F)c4F)[nH]n3)ncnc2c1. The third-order valence-corrected chi connectivity index (χ3v) is 6.79. The molecule has 4 N–H and O–H groups in total. The van der Waals surface area contributed by atoms with Gasteiger partial charge >= 0.3 is 0 Å². The first-order valence-electron chi connectivity index (χ1n) is 13.4. The normalized spacial score (nSPS) is 15.3. The minimum absolute atomic E-state index is 0.125. The van der Waals surface area contributed by atoms with Crippen molar-refractivity contribution in [3.05, 3.63) is 60.1 Å². The summed E-state index contributed by atoms with van der Waals surface area (Å²) in [5.74, 6) is -0.757. The maximum atomic E-state index is 13.9. The second kappa shape index (κ2) is 12.9. The van der Waals surface area contributed by atoms with Crippen LogP contribution < -0.4 is 20.1 Å². The predicted octanol–water partition coefficient (Wildman–Crippen LogP) is 3.79. The summed E-state index contributed by atoms with van der Waals surface area (Å²) in [7, 11) is 0. The molecule has 11 nitrogen and oxygen atoms in total. The Bertz CT molecular complexity index is 1520. The van der Waals surface area contributed by atoms with E-state index in [1.54, 1.807) is 18.2 Å². The van der Waals surface area contributed by atoms with Gasteiger partial charge in [0.05, 0.1) is 36.2 Å². The fraction of sp³-hybridized carbons (Fsp3) is 0.357. The summed E-state index contributed by atoms with van der Waals surface area (Å²) in [5, 5.41) is 22.7. The van der Waals surface area contributed by atoms with Gasteiger partial charge in [0, 0.05) is 36.5 Å². The van der Waals surface area contributed by atoms with E-state index in [4.69, 9.17) is 9.47 Å². The van der Waals surface area contributed by atoms with Crippen molar-refractivity contribution in [3.63, 3.8) is 0 Å². The van der Waals surface area contributed by atoms with Gasteiger partial charge in [-0.05, 0) is 38.4 Å². The number of amides is 1. The van der Waals surface area contributed by atoms with E-state index in [0.29, 0.717) is 59.5 Å². The van der Waals surface area contributed by atoms with Crippen LogP contribution in [0.2, 0.25) is 0 Å². The lowest BCUT2D eigenvalue weighted by Crippen LogP contribution is -2.35. The van der Waals surface area contributed by atoms with Crippen LogP contribution in [0.5, 0.6) is 11.5 Å². The zero-order valence-electron chi connectivity index (χ0n) is 22.5. The van der Waals surface area contributed by atoms with Gasteiger partial charge < -0.3 is 25.2 Å². The van der Waals surface area contributed by atoms with Crippen LogP contribution in [0.4, 0.5) is 26.1 Å². The van der Waals surface area contributed by atoms with E-state index in [1.165, 1.54) is 18.5 Å². The van der Waals surface area contributed by atoms with Gasteiger partial charge in [-0.1, -0.05) is 6.07 Å². The van der Waals surface area contributed by atoms with Crippen molar-refractivity contribution < 1.29 is 28.2 Å². The number of anilines is 3. The molecule has 216 valence electrons. The summed E-state index contributed by atoms with van der Waals surface area (Å²) in [6, 6.07) is 8.92. The van der Waals surface area contributed by atoms with E-state index in [9.17, 15) is 18.7 Å². The number of likely N-dealkylation sites (tertiary alicyclic amines) is 1. The number of ether oxygens (including phenoxy) is 2. The number of nitrogens with zero attached hydrogens (tertiary/aromatic N) is 4. The van der Waals surface area contributed by atoms with Crippen LogP contribution in [0.1, 0.15) is 25.5 Å². The third kappa shape index (κ3) is 6.69. The molecule has 1 saturated heterocycles. The number of aliphatic hydroxyl groups excluding tert-OH is 1. The van der Waals surface area contributed by atoms with Crippen molar-refractivity contribution in [1.82, 2.24) is 25.1 Å². The average Bonchev–Trinajstić information content (AvgIpc) is 3.60. The Morgan fingerprint density at radius 3 is 2.93 bits per heavy atom. The molecule has 4 aromatic rings. The Morgan fingerprint density at radius 2 is 2.10 bits per heavy atom. The minimum Gasteiger partial charge on any atom is -0.494 e. The molecular formula is C28H31F2N7O4. The Morgan fingerprint density at radius 1 is 1.22 bits per heavy atom. The lowest BCUT2D eigenvalue weighted by Gasteiger charge is -2.23. The summed E-state index contributed by atoms with van der Waals surface area (Å²) < 4.78 is 39.3. The zero-order valence-corrected chi connectivity index (χ0v) is 22.5. The highest BCUT2D eigenvalue weighted by Crippen LogP contribution is 2.35. The standard InChI is InChI=1S/C28H31F2N7O4/c1-2-40-19-13-22-26(23(14-19)41-10-9-37-8-4-5-18(37)15-38)28(32-16-31-22)34-24-11-17(35-36-24)12-25(39)33-21-7-3-6-20(29)27(21)30/h3,6-7,11,13-14,16,18,38H,2,4-5,8-10,12,15H2,1H3,(H,33,39)(H2,31,32,34,35,36)/t18-/m0/s1. The number of carbonyl (C=O) groups is 1. The molecule has 1 amide bonds. The van der Waals surface area contributed by atoms with Gasteiger partial charge in [-0.25, -0.2) is 18.7 Å². The molecule has 5 rings (SSSR count). The van der Waals surface area contributed by atoms with Crippen molar-refractivity contribution in [2.75, 3.05) is 43.5 Å². The fourth-order valence-corrected chi connectivity index (χ4v) is 4.86. The van der Waals surface area contributed by atoms with Crippen LogP contribution in [-0.2, 0) is 11.2 Å². The molecule has 0 bridgehead atoms. The number of benzene rings is 2. The second-order valence-electron chi connectivity index (χ2n) is 9.56. The first kappa shape index (κ1) is 28.2. The van der Waals surface area contributed by atoms with Crippen LogP contribution in [0.3, 0.4) is 0 Å². The van der Waals surface area contributed by atoms with Crippen molar-refractivity contribution in [2.24, 2.45) is 0 Å². The van der Waals surface area contributed by atoms with Gasteiger partial charge in [0.1, 0.15) is 30.3 Å². The molecule has 0 spiro atoms. The maximum Gasteiger partial charge on any atom is 0.230 e. The number of carbonyl (C=O) groups excluding carboxylic acids is 1. The fourth-order valence-electron chi connectivity index (χ4n) is 4.86. The Hall–Kier alpha value is -4.36. The average molecular weight is 568 g/mol. The third-order valence-electron chi connectivity index (χ3n) is 6.79. The number of hydrogen-bond donors (Lipinski definition) is 4. The van der Waals surface area contributed by atoms with Gasteiger partial charge in [0.25, 0.3) is 0 Å². The van der Waals surface area contributed by atoms with E-state index in [-0.39, 0.29) is 24.8 Å². The van der Waals surface area contributed by atoms with Crippen molar-refractivity contribution in [1.29, 1.82) is 0 Å². The molecule has 0 radical (unpaired) electrons. The molecule has 1 atom stereocenters. The Balaban J connectivity index is 1.32. The predicted molar refractivity (Wildman–Crippen MR) is 148 cm³/mol. The summed E-state index contributed by atoms with van der Waals surface area (Å²) in [5.41, 5.74) is 0.806. The van der Waals surface area contributed by atoms with Crippen LogP contribution in [0, 0.1) is 11.6 Å². The van der Waals surface area contributed by atoms with Crippen molar-refractivity contribution in [3.8, 4) is 11.5 Å². The molecule has 13 heteroatoms. The quantitative estimate of drug-likeness (QED) is 0.201. The number of nitrogens with one attached hydrogen (secondary N) is 3. The number of halogens is 2. The second-order valence-corrected chi connectivity index (χ2v) is 9.56. The van der Waals surface area contributed by atoms with Crippen LogP contribution in [0.15, 0.2) is 42.7 Å². The highest BCUT2D eigenvalue weighted by Gasteiger charge is 2.23. The molecule has 1 aliphatic rings. The highest BCUT2D eigenvalue weighted by molar-refractivity contribution is 5.96. The molecule has 2 aromatic heterocycles. The smallest absolute Gasteiger partial charge is 0.230 e. The Kier molecular flexibility index (Phi) is 8.85. The number of H-pyrrole nitrogens is 1. The van der Waals surface area contributed by atoms with Crippen LogP contribution >= 0.6 is 0 Å². The lowest BCUT2D eigenvalue weighted by molar-refractivity contribution is -0.115. The van der Waals surface area contributed by atoms with Gasteiger partial charge in [-0.3, -0.25) is 14.8 Å². The topological polar surface area (TPSA) is 138 Å². The summed E-state index contributed by atoms with van der Waals surface area (Å²) in [6.07, 6.45) is 3.28. The van der Waals surface area contributed by atoms with E-state index in [1.807, 2.05) is 6.92 Å². The van der Waals surface area contributed by atoms with Gasteiger partial charge in [-0.2, -0.15) is 5.10 Å². The number of aromatic nitrogens is 4. The van der Waals surface area contributed by atoms with Crippen LogP contribution in [0.25, 0.3) is 10.9 Å². The molecular weight excluding hydrogens is 536 g/mol. The Labute approximate surface area is 234 Å². The van der Waals surface area contributed by atoms with E-state index in [2.05, 4.69) is 35.7 Å². The summed E-state index contributed by atoms with van der Waals surface area (Å²) in [6.45, 7) is 4.46. The number of fused-ring (bicyclic) bond motifs is 1. The molecule has 41 heavy (non-hydrogen) atoms. The number of rotatable bonds is 12. The minimum atomic E-state index is -1.12. The van der Waals surface area contributed by atoms with E-state index < -0.39 is 17.5 Å². The number of aromatic amines is 1. The van der Waals surface area contributed by atoms with Gasteiger partial charge in [0.15, 0.2) is 17.5 Å². The van der Waals surface area contributed by atoms with Crippen LogP contribution in [-0.4, -0.2) is 75.0 Å². The maximum absolute atomic E-state index is 13.9. The molecule has 3 heterocycles. The molecule has 0 unspecified atom stereocenters. The summed E-state index contributed by atoms with van der Waals surface area (Å²) in [4.78, 5) is 23.4. The first-order valence-corrected chi connectivity index (χ1v) is 13.4. The molecule has 2 aromatic carbocycles. The highest BCUT2D eigenvalue weighted by atomic mass is 19.2. The van der Waals surface area contributed by atoms with Gasteiger partial charge in [0.2, 0.25) is 5.91 Å². The molecule has 0 aliphatic carbocycles. The summed E-state index contributed by atoms with van der Waals surface area (Å²) >= 11 is 0. The first-order chi connectivity index (χ1) is 19.9. The number of aliphatic hydroxyl groups is 1. The van der Waals surface area contributed by atoms with Gasteiger partial charge in [-0.15, -0.1) is 0 Å². The van der Waals surface area contributed by atoms with E-state index >= 15 is 0 Å². The lowest BCUT2D eigenvalue weighted by atomic mass is 10.2. The zero-order chi connectivity index (χ0) is 28.8. The number of hydrogen-bond acceptors (Lipinski definition) is 9. The molecule has 1 fully saturated rings.